The van der Waals surface area contributed by atoms with Crippen molar-refractivity contribution in [2.75, 3.05) is 66.3 Å². The van der Waals surface area contributed by atoms with Crippen molar-refractivity contribution in [1.29, 1.82) is 0 Å². The van der Waals surface area contributed by atoms with Gasteiger partial charge in [-0.05, 0) is 30.7 Å². The smallest absolute Gasteiger partial charge is 0.0589 e. The third kappa shape index (κ3) is 7.56. The van der Waals surface area contributed by atoms with Gasteiger partial charge in [-0.3, -0.25) is 4.90 Å². The van der Waals surface area contributed by atoms with Gasteiger partial charge < -0.3 is 19.9 Å². The van der Waals surface area contributed by atoms with Crippen LogP contribution in [0.5, 0.6) is 0 Å². The minimum absolute atomic E-state index is 0.204. The van der Waals surface area contributed by atoms with Gasteiger partial charge in [-0.1, -0.05) is 13.8 Å². The molecule has 0 aromatic rings. The van der Waals surface area contributed by atoms with E-state index in [1.54, 1.807) is 7.11 Å². The fourth-order valence-corrected chi connectivity index (χ4v) is 2.93. The molecule has 126 valence electrons. The molecule has 0 saturated carbocycles. The average molecular weight is 302 g/mol. The van der Waals surface area contributed by atoms with Crippen LogP contribution in [0.4, 0.5) is 0 Å². The van der Waals surface area contributed by atoms with E-state index in [-0.39, 0.29) is 12.0 Å². The van der Waals surface area contributed by atoms with Gasteiger partial charge in [0.05, 0.1) is 13.2 Å². The van der Waals surface area contributed by atoms with Crippen molar-refractivity contribution in [3.05, 3.63) is 0 Å². The summed E-state index contributed by atoms with van der Waals surface area (Å²) < 4.78 is 10.7. The molecule has 1 aliphatic heterocycles. The van der Waals surface area contributed by atoms with Crippen LogP contribution in [0.3, 0.4) is 0 Å². The molecule has 1 aliphatic rings. The van der Waals surface area contributed by atoms with Crippen molar-refractivity contribution in [3.63, 3.8) is 0 Å². The maximum Gasteiger partial charge on any atom is 0.0589 e. The maximum atomic E-state index is 9.28. The zero-order valence-electron chi connectivity index (χ0n) is 14.1. The molecule has 0 aromatic carbocycles. The number of nitrogens with one attached hydrogen (secondary N) is 1. The second-order valence-corrected chi connectivity index (χ2v) is 6.63. The van der Waals surface area contributed by atoms with Gasteiger partial charge in [-0.15, -0.1) is 0 Å². The average Bonchev–Trinajstić information content (AvgIpc) is 2.45. The molecule has 0 unspecified atom stereocenters. The summed E-state index contributed by atoms with van der Waals surface area (Å²) in [4.78, 5) is 2.33. The minimum Gasteiger partial charge on any atom is -0.395 e. The van der Waals surface area contributed by atoms with Crippen molar-refractivity contribution < 1.29 is 14.6 Å². The molecule has 1 fully saturated rings. The van der Waals surface area contributed by atoms with E-state index in [1.165, 1.54) is 0 Å². The van der Waals surface area contributed by atoms with E-state index in [0.29, 0.717) is 12.5 Å². The van der Waals surface area contributed by atoms with Crippen LogP contribution in [-0.4, -0.2) is 76.3 Å². The highest BCUT2D eigenvalue weighted by molar-refractivity contribution is 4.87. The summed E-state index contributed by atoms with van der Waals surface area (Å²) in [7, 11) is 1.73. The van der Waals surface area contributed by atoms with Gasteiger partial charge in [0.1, 0.15) is 0 Å². The highest BCUT2D eigenvalue weighted by Gasteiger charge is 2.34. The molecule has 0 atom stereocenters. The minimum atomic E-state index is 0.204. The number of hydrogen-bond acceptors (Lipinski definition) is 5. The Hall–Kier alpha value is -0.200. The first-order valence-electron chi connectivity index (χ1n) is 8.22. The van der Waals surface area contributed by atoms with E-state index in [1.807, 2.05) is 0 Å². The number of aliphatic hydroxyl groups excluding tert-OH is 1. The molecular weight excluding hydrogens is 268 g/mol. The summed E-state index contributed by atoms with van der Waals surface area (Å²) in [6.07, 6.45) is 2.18. The highest BCUT2D eigenvalue weighted by atomic mass is 16.5. The number of nitrogens with zero attached hydrogens (tertiary/aromatic N) is 1. The van der Waals surface area contributed by atoms with Gasteiger partial charge in [0.25, 0.3) is 0 Å². The van der Waals surface area contributed by atoms with Crippen LogP contribution in [0.1, 0.15) is 26.7 Å². The molecule has 5 nitrogen and oxygen atoms in total. The lowest BCUT2D eigenvalue weighted by Crippen LogP contribution is -2.49. The zero-order chi connectivity index (χ0) is 15.6. The Morgan fingerprint density at radius 1 is 1.29 bits per heavy atom. The molecule has 0 spiro atoms. The summed E-state index contributed by atoms with van der Waals surface area (Å²) in [6, 6.07) is 0. The van der Waals surface area contributed by atoms with E-state index >= 15 is 0 Å². The number of hydrogen-bond donors (Lipinski definition) is 2. The Morgan fingerprint density at radius 2 is 2.00 bits per heavy atom. The van der Waals surface area contributed by atoms with Crippen LogP contribution in [0.15, 0.2) is 0 Å². The maximum absolute atomic E-state index is 9.28. The fraction of sp³-hybridized carbons (Fsp3) is 1.00. The number of rotatable bonds is 11. The molecular formula is C16H34N2O3. The first-order valence-corrected chi connectivity index (χ1v) is 8.22. The Bertz CT molecular complexity index is 256. The molecule has 21 heavy (non-hydrogen) atoms. The van der Waals surface area contributed by atoms with Crippen molar-refractivity contribution >= 4 is 0 Å². The van der Waals surface area contributed by atoms with Crippen LogP contribution >= 0.6 is 0 Å². The van der Waals surface area contributed by atoms with Gasteiger partial charge in [0.15, 0.2) is 0 Å². The van der Waals surface area contributed by atoms with Crippen LogP contribution in [0.2, 0.25) is 0 Å². The Morgan fingerprint density at radius 3 is 2.57 bits per heavy atom. The third-order valence-electron chi connectivity index (χ3n) is 4.19. The van der Waals surface area contributed by atoms with Crippen LogP contribution in [0, 0.1) is 11.3 Å². The predicted molar refractivity (Wildman–Crippen MR) is 85.6 cm³/mol. The summed E-state index contributed by atoms with van der Waals surface area (Å²) in [6.45, 7) is 11.8. The summed E-state index contributed by atoms with van der Waals surface area (Å²) in [5, 5.41) is 12.9. The number of aliphatic hydroxyl groups is 1. The fourth-order valence-electron chi connectivity index (χ4n) is 2.93. The Balaban J connectivity index is 2.56. The van der Waals surface area contributed by atoms with Crippen LogP contribution < -0.4 is 5.32 Å². The second-order valence-electron chi connectivity index (χ2n) is 6.63. The molecule has 1 heterocycles. The third-order valence-corrected chi connectivity index (χ3v) is 4.19. The van der Waals surface area contributed by atoms with Gasteiger partial charge in [-0.2, -0.15) is 0 Å². The summed E-state index contributed by atoms with van der Waals surface area (Å²) in [5.41, 5.74) is 0.260. The van der Waals surface area contributed by atoms with E-state index in [4.69, 9.17) is 9.47 Å². The molecule has 1 rings (SSSR count). The molecule has 1 saturated heterocycles. The van der Waals surface area contributed by atoms with Crippen molar-refractivity contribution in [2.24, 2.45) is 11.3 Å². The molecule has 0 bridgehead atoms. The molecule has 0 aliphatic carbocycles. The van der Waals surface area contributed by atoms with Gasteiger partial charge in [0, 0.05) is 46.5 Å². The van der Waals surface area contributed by atoms with Crippen molar-refractivity contribution in [3.8, 4) is 0 Å². The monoisotopic (exact) mass is 302 g/mol. The lowest BCUT2D eigenvalue weighted by atomic mass is 9.79. The lowest BCUT2D eigenvalue weighted by Gasteiger charge is -2.41. The SMILES string of the molecule is COCCN(CCO)CC1(CNCC(C)C)CCOCC1. The standard InChI is InChI=1S/C16H34N2O3/c1-15(2)12-17-13-16(4-9-21-10-5-16)14-18(6-8-19)7-11-20-3/h15,17,19H,4-14H2,1-3H3. The second kappa shape index (κ2) is 10.5. The summed E-state index contributed by atoms with van der Waals surface area (Å²) in [5.74, 6) is 0.670. The number of ether oxygens (including phenoxy) is 2. The molecule has 0 radical (unpaired) electrons. The normalized spacial score (nSPS) is 18.6. The molecule has 5 heteroatoms. The Kier molecular flexibility index (Phi) is 9.44. The topological polar surface area (TPSA) is 54.0 Å². The largest absolute Gasteiger partial charge is 0.395 e. The van der Waals surface area contributed by atoms with Crippen molar-refractivity contribution in [1.82, 2.24) is 10.2 Å². The first kappa shape index (κ1) is 18.8. The molecule has 2 N–H and O–H groups in total. The quantitative estimate of drug-likeness (QED) is 0.596. The zero-order valence-corrected chi connectivity index (χ0v) is 14.1. The van der Waals surface area contributed by atoms with Crippen LogP contribution in [-0.2, 0) is 9.47 Å². The number of methoxy groups -OCH3 is 1. The Labute approximate surface area is 130 Å². The lowest BCUT2D eigenvalue weighted by molar-refractivity contribution is -0.0102. The van der Waals surface area contributed by atoms with E-state index in [0.717, 1.165) is 58.8 Å². The van der Waals surface area contributed by atoms with Gasteiger partial charge in [-0.25, -0.2) is 0 Å². The highest BCUT2D eigenvalue weighted by Crippen LogP contribution is 2.31. The molecule has 0 aromatic heterocycles. The van der Waals surface area contributed by atoms with E-state index < -0.39 is 0 Å². The predicted octanol–water partition coefficient (Wildman–Crippen LogP) is 0.970. The van der Waals surface area contributed by atoms with E-state index in [9.17, 15) is 5.11 Å². The molecule has 0 amide bonds. The first-order chi connectivity index (χ1) is 10.1. The van der Waals surface area contributed by atoms with E-state index in [2.05, 4.69) is 24.1 Å². The summed E-state index contributed by atoms with van der Waals surface area (Å²) >= 11 is 0. The van der Waals surface area contributed by atoms with Crippen molar-refractivity contribution in [2.45, 2.75) is 26.7 Å². The van der Waals surface area contributed by atoms with Crippen LogP contribution in [0.25, 0.3) is 0 Å². The van der Waals surface area contributed by atoms with Gasteiger partial charge >= 0.3 is 0 Å². The van der Waals surface area contributed by atoms with Gasteiger partial charge in [0.2, 0.25) is 0 Å².